The maximum atomic E-state index is 12.5. The van der Waals surface area contributed by atoms with Crippen molar-refractivity contribution in [2.24, 2.45) is 0 Å². The van der Waals surface area contributed by atoms with Crippen LogP contribution in [0.4, 0.5) is 10.5 Å². The third-order valence-electron chi connectivity index (χ3n) is 5.46. The van der Waals surface area contributed by atoms with Gasteiger partial charge in [-0.3, -0.25) is 14.9 Å². The van der Waals surface area contributed by atoms with Gasteiger partial charge in [0, 0.05) is 38.3 Å². The molecule has 29 heavy (non-hydrogen) atoms. The van der Waals surface area contributed by atoms with Gasteiger partial charge in [-0.05, 0) is 29.7 Å². The van der Waals surface area contributed by atoms with Crippen molar-refractivity contribution in [3.05, 3.63) is 54.6 Å². The summed E-state index contributed by atoms with van der Waals surface area (Å²) in [5.41, 5.74) is 3.52. The number of carbonyl (C=O) groups is 3. The Morgan fingerprint density at radius 1 is 0.931 bits per heavy atom. The Bertz CT molecular complexity index is 907. The maximum absolute atomic E-state index is 12.5. The monoisotopic (exact) mass is 392 g/mol. The second-order valence-electron chi connectivity index (χ2n) is 7.34. The van der Waals surface area contributed by atoms with Gasteiger partial charge >= 0.3 is 6.03 Å². The van der Waals surface area contributed by atoms with Crippen molar-refractivity contribution in [1.29, 1.82) is 0 Å². The molecule has 0 bridgehead atoms. The Morgan fingerprint density at radius 3 is 2.34 bits per heavy atom. The summed E-state index contributed by atoms with van der Waals surface area (Å²) in [6.45, 7) is 2.84. The Balaban J connectivity index is 1.31. The van der Waals surface area contributed by atoms with E-state index in [-0.39, 0.29) is 18.2 Å². The fraction of sp³-hybridized carbons (Fsp3) is 0.318. The first kappa shape index (κ1) is 19.0. The van der Waals surface area contributed by atoms with Crippen LogP contribution < -0.4 is 15.5 Å². The molecule has 2 saturated heterocycles. The minimum absolute atomic E-state index is 0.0247. The van der Waals surface area contributed by atoms with E-state index in [1.807, 2.05) is 23.1 Å². The molecule has 2 N–H and O–H groups in total. The molecule has 0 aliphatic carbocycles. The van der Waals surface area contributed by atoms with E-state index in [9.17, 15) is 14.4 Å². The highest BCUT2D eigenvalue weighted by atomic mass is 16.2. The van der Waals surface area contributed by atoms with Crippen molar-refractivity contribution in [3.8, 4) is 11.1 Å². The van der Waals surface area contributed by atoms with E-state index in [4.69, 9.17) is 0 Å². The van der Waals surface area contributed by atoms with Gasteiger partial charge in [-0.15, -0.1) is 0 Å². The van der Waals surface area contributed by atoms with Crippen LogP contribution in [0.25, 0.3) is 11.1 Å². The van der Waals surface area contributed by atoms with E-state index in [1.54, 1.807) is 0 Å². The summed E-state index contributed by atoms with van der Waals surface area (Å²) in [6, 6.07) is 17.7. The number of amides is 4. The average Bonchev–Trinajstić information content (AvgIpc) is 3.09. The Labute approximate surface area is 169 Å². The van der Waals surface area contributed by atoms with Gasteiger partial charge < -0.3 is 15.1 Å². The average molecular weight is 392 g/mol. The number of nitrogens with zero attached hydrogens (tertiary/aromatic N) is 2. The highest BCUT2D eigenvalue weighted by Crippen LogP contribution is 2.25. The molecule has 150 valence electrons. The van der Waals surface area contributed by atoms with Gasteiger partial charge in [0.1, 0.15) is 6.04 Å². The van der Waals surface area contributed by atoms with Gasteiger partial charge in [0.05, 0.1) is 0 Å². The summed E-state index contributed by atoms with van der Waals surface area (Å²) in [7, 11) is 0. The van der Waals surface area contributed by atoms with Crippen LogP contribution in [0.2, 0.25) is 0 Å². The highest BCUT2D eigenvalue weighted by Gasteiger charge is 2.30. The first-order valence-electron chi connectivity index (χ1n) is 9.90. The third kappa shape index (κ3) is 4.39. The summed E-state index contributed by atoms with van der Waals surface area (Å²) in [5.74, 6) is -0.331. The molecule has 1 unspecified atom stereocenters. The molecule has 0 aromatic heterocycles. The number of hydrogen-bond donors (Lipinski definition) is 2. The molecule has 0 saturated carbocycles. The number of anilines is 1. The zero-order valence-corrected chi connectivity index (χ0v) is 16.1. The standard InChI is InChI=1S/C22H24N4O3/c27-20(10-9-19-21(28)24-22(29)23-19)26-13-11-25(12-14-26)18-8-4-7-17(15-18)16-5-2-1-3-6-16/h1-8,15,19H,9-14H2,(H2,23,24,28,29). The fourth-order valence-electron chi connectivity index (χ4n) is 3.81. The molecular weight excluding hydrogens is 368 g/mol. The van der Waals surface area contributed by atoms with Crippen molar-refractivity contribution < 1.29 is 14.4 Å². The molecule has 2 aliphatic heterocycles. The number of nitrogens with one attached hydrogen (secondary N) is 2. The van der Waals surface area contributed by atoms with Gasteiger partial charge in [-0.1, -0.05) is 42.5 Å². The second kappa shape index (κ2) is 8.34. The quantitative estimate of drug-likeness (QED) is 0.763. The van der Waals surface area contributed by atoms with Gasteiger partial charge in [0.15, 0.2) is 0 Å². The molecule has 4 rings (SSSR count). The van der Waals surface area contributed by atoms with Crippen molar-refractivity contribution in [3.63, 3.8) is 0 Å². The number of hydrogen-bond acceptors (Lipinski definition) is 4. The molecule has 2 fully saturated rings. The molecule has 2 heterocycles. The molecule has 1 atom stereocenters. The number of imide groups is 1. The number of rotatable bonds is 5. The van der Waals surface area contributed by atoms with Crippen LogP contribution in [-0.2, 0) is 9.59 Å². The molecule has 2 aromatic carbocycles. The van der Waals surface area contributed by atoms with Gasteiger partial charge in [0.2, 0.25) is 5.91 Å². The predicted octanol–water partition coefficient (Wildman–Crippen LogP) is 1.99. The molecule has 7 heteroatoms. The van der Waals surface area contributed by atoms with Crippen LogP contribution in [0.1, 0.15) is 12.8 Å². The highest BCUT2D eigenvalue weighted by molar-refractivity contribution is 6.04. The number of urea groups is 1. The first-order valence-corrected chi connectivity index (χ1v) is 9.90. The van der Waals surface area contributed by atoms with Crippen LogP contribution in [0.3, 0.4) is 0 Å². The lowest BCUT2D eigenvalue weighted by Gasteiger charge is -2.36. The van der Waals surface area contributed by atoms with E-state index < -0.39 is 12.1 Å². The topological polar surface area (TPSA) is 81.8 Å². The van der Waals surface area contributed by atoms with Crippen molar-refractivity contribution in [1.82, 2.24) is 15.5 Å². The number of benzene rings is 2. The van der Waals surface area contributed by atoms with Gasteiger partial charge in [0.25, 0.3) is 5.91 Å². The Hall–Kier alpha value is -3.35. The van der Waals surface area contributed by atoms with Crippen LogP contribution in [0, 0.1) is 0 Å². The summed E-state index contributed by atoms with van der Waals surface area (Å²) < 4.78 is 0. The van der Waals surface area contributed by atoms with E-state index in [0.717, 1.165) is 18.8 Å². The Morgan fingerprint density at radius 2 is 1.66 bits per heavy atom. The third-order valence-corrected chi connectivity index (χ3v) is 5.46. The minimum atomic E-state index is -0.603. The zero-order valence-electron chi connectivity index (χ0n) is 16.1. The summed E-state index contributed by atoms with van der Waals surface area (Å²) >= 11 is 0. The number of carbonyl (C=O) groups excluding carboxylic acids is 3. The lowest BCUT2D eigenvalue weighted by atomic mass is 10.0. The molecule has 2 aromatic rings. The molecule has 4 amide bonds. The molecular formula is C22H24N4O3. The van der Waals surface area contributed by atoms with E-state index >= 15 is 0 Å². The summed E-state index contributed by atoms with van der Waals surface area (Å²) in [5, 5.41) is 4.72. The molecule has 2 aliphatic rings. The van der Waals surface area contributed by atoms with E-state index in [2.05, 4.69) is 51.9 Å². The van der Waals surface area contributed by atoms with Crippen LogP contribution in [-0.4, -0.2) is 55.0 Å². The van der Waals surface area contributed by atoms with Crippen molar-refractivity contribution in [2.45, 2.75) is 18.9 Å². The predicted molar refractivity (Wildman–Crippen MR) is 110 cm³/mol. The number of piperazine rings is 1. The van der Waals surface area contributed by atoms with Crippen LogP contribution in [0.5, 0.6) is 0 Å². The first-order chi connectivity index (χ1) is 14.1. The van der Waals surface area contributed by atoms with Crippen LogP contribution >= 0.6 is 0 Å². The summed E-state index contributed by atoms with van der Waals surface area (Å²) in [6.07, 6.45) is 0.581. The zero-order chi connectivity index (χ0) is 20.2. The lowest BCUT2D eigenvalue weighted by Crippen LogP contribution is -2.49. The largest absolute Gasteiger partial charge is 0.368 e. The molecule has 7 nitrogen and oxygen atoms in total. The van der Waals surface area contributed by atoms with E-state index in [1.165, 1.54) is 11.1 Å². The molecule has 0 spiro atoms. The van der Waals surface area contributed by atoms with E-state index in [0.29, 0.717) is 19.5 Å². The smallest absolute Gasteiger partial charge is 0.322 e. The minimum Gasteiger partial charge on any atom is -0.368 e. The SMILES string of the molecule is O=C1NC(=O)C(CCC(=O)N2CCN(c3cccc(-c4ccccc4)c3)CC2)N1. The molecule has 0 radical (unpaired) electrons. The Kier molecular flexibility index (Phi) is 5.46. The van der Waals surface area contributed by atoms with Crippen molar-refractivity contribution in [2.75, 3.05) is 31.1 Å². The summed E-state index contributed by atoms with van der Waals surface area (Å²) in [4.78, 5) is 39.3. The van der Waals surface area contributed by atoms with Gasteiger partial charge in [-0.25, -0.2) is 4.79 Å². The van der Waals surface area contributed by atoms with Crippen molar-refractivity contribution >= 4 is 23.5 Å². The van der Waals surface area contributed by atoms with Gasteiger partial charge in [-0.2, -0.15) is 0 Å². The van der Waals surface area contributed by atoms with Crippen LogP contribution in [0.15, 0.2) is 54.6 Å². The maximum Gasteiger partial charge on any atom is 0.322 e. The second-order valence-corrected chi connectivity index (χ2v) is 7.34. The lowest BCUT2D eigenvalue weighted by molar-refractivity contribution is -0.131. The normalized spacial score (nSPS) is 19.1. The fourth-order valence-corrected chi connectivity index (χ4v) is 3.81.